The van der Waals surface area contributed by atoms with Gasteiger partial charge in [-0.25, -0.2) is 9.18 Å². The number of imide groups is 1. The van der Waals surface area contributed by atoms with Crippen molar-refractivity contribution in [2.75, 3.05) is 6.54 Å². The van der Waals surface area contributed by atoms with Crippen LogP contribution in [0.3, 0.4) is 0 Å². The van der Waals surface area contributed by atoms with Gasteiger partial charge in [0.05, 0.1) is 6.42 Å². The Balaban J connectivity index is 2.13. The number of halogens is 1. The van der Waals surface area contributed by atoms with Crippen LogP contribution in [0.15, 0.2) is 24.3 Å². The van der Waals surface area contributed by atoms with Crippen LogP contribution in [0, 0.1) is 5.82 Å². The average Bonchev–Trinajstić information content (AvgIpc) is 2.63. The largest absolute Gasteiger partial charge is 0.481 e. The molecule has 1 aliphatic rings. The Morgan fingerprint density at radius 3 is 2.53 bits per heavy atom. The summed E-state index contributed by atoms with van der Waals surface area (Å²) in [6.07, 6.45) is -0.310. The predicted octanol–water partition coefficient (Wildman–Crippen LogP) is 0.893. The van der Waals surface area contributed by atoms with Crippen molar-refractivity contribution < 1.29 is 23.9 Å². The molecule has 1 heterocycles. The normalized spacial score (nSPS) is 18.6. The number of carboxylic acids is 1. The van der Waals surface area contributed by atoms with E-state index in [2.05, 4.69) is 5.32 Å². The molecular formula is C12H11FN2O4. The van der Waals surface area contributed by atoms with Gasteiger partial charge in [0.15, 0.2) is 0 Å². The summed E-state index contributed by atoms with van der Waals surface area (Å²) < 4.78 is 12.8. The highest BCUT2D eigenvalue weighted by atomic mass is 19.1. The van der Waals surface area contributed by atoms with E-state index < -0.39 is 29.8 Å². The number of carbonyl (C=O) groups excluding carboxylic acids is 2. The molecule has 100 valence electrons. The first-order valence-corrected chi connectivity index (χ1v) is 5.58. The van der Waals surface area contributed by atoms with Gasteiger partial charge in [-0.2, -0.15) is 0 Å². The van der Waals surface area contributed by atoms with Crippen molar-refractivity contribution in [2.24, 2.45) is 0 Å². The summed E-state index contributed by atoms with van der Waals surface area (Å²) in [4.78, 5) is 34.8. The Hall–Kier alpha value is -2.44. The lowest BCUT2D eigenvalue weighted by molar-refractivity contribution is -0.137. The molecule has 1 atom stereocenters. The number of amides is 3. The van der Waals surface area contributed by atoms with Crippen LogP contribution >= 0.6 is 0 Å². The minimum absolute atomic E-state index is 0.183. The molecule has 0 saturated carbocycles. The summed E-state index contributed by atoms with van der Waals surface area (Å²) in [5, 5.41) is 11.0. The second-order valence-electron chi connectivity index (χ2n) is 4.07. The minimum Gasteiger partial charge on any atom is -0.481 e. The zero-order valence-electron chi connectivity index (χ0n) is 9.80. The summed E-state index contributed by atoms with van der Waals surface area (Å²) in [5.74, 6) is -2.06. The van der Waals surface area contributed by atoms with E-state index in [1.807, 2.05) is 0 Å². The van der Waals surface area contributed by atoms with E-state index in [9.17, 15) is 18.8 Å². The third-order valence-electron chi connectivity index (χ3n) is 2.78. The van der Waals surface area contributed by atoms with Gasteiger partial charge in [0.2, 0.25) is 0 Å². The molecule has 1 aromatic carbocycles. The van der Waals surface area contributed by atoms with E-state index in [0.29, 0.717) is 5.56 Å². The molecule has 2 rings (SSSR count). The third kappa shape index (κ3) is 2.70. The van der Waals surface area contributed by atoms with Crippen LogP contribution in [0.25, 0.3) is 0 Å². The number of rotatable bonds is 4. The zero-order chi connectivity index (χ0) is 14.0. The van der Waals surface area contributed by atoms with Crippen molar-refractivity contribution in [3.05, 3.63) is 35.6 Å². The number of nitrogens with one attached hydrogen (secondary N) is 1. The Morgan fingerprint density at radius 2 is 1.95 bits per heavy atom. The number of hydrogen-bond acceptors (Lipinski definition) is 3. The third-order valence-corrected chi connectivity index (χ3v) is 2.78. The summed E-state index contributed by atoms with van der Waals surface area (Å²) in [6.45, 7) is -0.183. The molecular weight excluding hydrogens is 255 g/mol. The molecule has 0 bridgehead atoms. The van der Waals surface area contributed by atoms with E-state index in [0.717, 1.165) is 4.90 Å². The maximum absolute atomic E-state index is 12.8. The second kappa shape index (κ2) is 5.05. The number of nitrogens with zero attached hydrogens (tertiary/aromatic N) is 1. The first-order chi connectivity index (χ1) is 8.99. The van der Waals surface area contributed by atoms with Crippen molar-refractivity contribution in [1.29, 1.82) is 0 Å². The van der Waals surface area contributed by atoms with E-state index in [1.54, 1.807) is 0 Å². The highest BCUT2D eigenvalue weighted by Crippen LogP contribution is 2.22. The first kappa shape index (κ1) is 13.0. The van der Waals surface area contributed by atoms with Crippen LogP contribution in [0.4, 0.5) is 9.18 Å². The smallest absolute Gasteiger partial charge is 0.325 e. The van der Waals surface area contributed by atoms with Gasteiger partial charge in [-0.15, -0.1) is 0 Å². The van der Waals surface area contributed by atoms with E-state index in [4.69, 9.17) is 5.11 Å². The average molecular weight is 266 g/mol. The molecule has 1 aliphatic heterocycles. The van der Waals surface area contributed by atoms with Crippen LogP contribution in [0.2, 0.25) is 0 Å². The summed E-state index contributed by atoms with van der Waals surface area (Å²) in [5.41, 5.74) is 0.456. The molecule has 0 spiro atoms. The topological polar surface area (TPSA) is 86.7 Å². The summed E-state index contributed by atoms with van der Waals surface area (Å²) in [7, 11) is 0. The lowest BCUT2D eigenvalue weighted by atomic mass is 10.1. The van der Waals surface area contributed by atoms with Gasteiger partial charge in [0, 0.05) is 6.54 Å². The summed E-state index contributed by atoms with van der Waals surface area (Å²) in [6, 6.07) is 3.66. The van der Waals surface area contributed by atoms with Crippen LogP contribution in [-0.2, 0) is 9.59 Å². The van der Waals surface area contributed by atoms with Gasteiger partial charge in [0.1, 0.15) is 11.9 Å². The number of carbonyl (C=O) groups is 3. The highest BCUT2D eigenvalue weighted by molar-refractivity contribution is 6.04. The molecule has 0 aliphatic carbocycles. The molecule has 1 fully saturated rings. The number of hydrogen-bond donors (Lipinski definition) is 2. The molecule has 3 amide bonds. The second-order valence-corrected chi connectivity index (χ2v) is 4.07. The molecule has 0 aromatic heterocycles. The highest BCUT2D eigenvalue weighted by Gasteiger charge is 2.38. The standard InChI is InChI=1S/C12H11FN2O4/c13-8-3-1-7(2-4-8)10-11(18)15(12(19)14-10)6-5-9(16)17/h1-4,10H,5-6H2,(H,14,19)(H,16,17). The molecule has 1 unspecified atom stereocenters. The Kier molecular flexibility index (Phi) is 3.46. The maximum atomic E-state index is 12.8. The maximum Gasteiger partial charge on any atom is 0.325 e. The number of carboxylic acid groups (broad SMARTS) is 1. The van der Waals surface area contributed by atoms with Crippen LogP contribution < -0.4 is 5.32 Å². The SMILES string of the molecule is O=C(O)CCN1C(=O)NC(c2ccc(F)cc2)C1=O. The fourth-order valence-electron chi connectivity index (χ4n) is 1.82. The number of aliphatic carboxylic acids is 1. The van der Waals surface area contributed by atoms with Crippen LogP contribution in [0.1, 0.15) is 18.0 Å². The van der Waals surface area contributed by atoms with Gasteiger partial charge >= 0.3 is 12.0 Å². The summed E-state index contributed by atoms with van der Waals surface area (Å²) >= 11 is 0. The van der Waals surface area contributed by atoms with Crippen molar-refractivity contribution in [3.8, 4) is 0 Å². The lowest BCUT2D eigenvalue weighted by Crippen LogP contribution is -2.32. The van der Waals surface area contributed by atoms with Gasteiger partial charge in [-0.05, 0) is 17.7 Å². The Bertz CT molecular complexity index is 529. The lowest BCUT2D eigenvalue weighted by Gasteiger charge is -2.11. The molecule has 19 heavy (non-hydrogen) atoms. The fraction of sp³-hybridized carbons (Fsp3) is 0.250. The monoisotopic (exact) mass is 266 g/mol. The van der Waals surface area contributed by atoms with Crippen LogP contribution in [0.5, 0.6) is 0 Å². The van der Waals surface area contributed by atoms with Gasteiger partial charge < -0.3 is 10.4 Å². The van der Waals surface area contributed by atoms with Gasteiger partial charge in [-0.3, -0.25) is 14.5 Å². The molecule has 1 aromatic rings. The minimum atomic E-state index is -1.09. The molecule has 1 saturated heterocycles. The van der Waals surface area contributed by atoms with E-state index in [-0.39, 0.29) is 13.0 Å². The Morgan fingerprint density at radius 1 is 1.32 bits per heavy atom. The number of benzene rings is 1. The first-order valence-electron chi connectivity index (χ1n) is 5.58. The molecule has 2 N–H and O–H groups in total. The molecule has 7 heteroatoms. The fourth-order valence-corrected chi connectivity index (χ4v) is 1.82. The zero-order valence-corrected chi connectivity index (χ0v) is 9.80. The molecule has 6 nitrogen and oxygen atoms in total. The van der Waals surface area contributed by atoms with Crippen molar-refractivity contribution in [2.45, 2.75) is 12.5 Å². The predicted molar refractivity (Wildman–Crippen MR) is 61.6 cm³/mol. The molecule has 0 radical (unpaired) electrons. The quantitative estimate of drug-likeness (QED) is 0.792. The van der Waals surface area contributed by atoms with E-state index >= 15 is 0 Å². The Labute approximate surface area is 107 Å². The van der Waals surface area contributed by atoms with Crippen molar-refractivity contribution in [1.82, 2.24) is 10.2 Å². The van der Waals surface area contributed by atoms with Crippen molar-refractivity contribution >= 4 is 17.9 Å². The van der Waals surface area contributed by atoms with Gasteiger partial charge in [-0.1, -0.05) is 12.1 Å². The van der Waals surface area contributed by atoms with E-state index in [1.165, 1.54) is 24.3 Å². The van der Waals surface area contributed by atoms with Gasteiger partial charge in [0.25, 0.3) is 5.91 Å². The van der Waals surface area contributed by atoms with Crippen LogP contribution in [-0.4, -0.2) is 34.5 Å². The number of urea groups is 1. The van der Waals surface area contributed by atoms with Crippen molar-refractivity contribution in [3.63, 3.8) is 0 Å².